The van der Waals surface area contributed by atoms with Gasteiger partial charge in [-0.2, -0.15) is 12.6 Å². The molecule has 0 aromatic heterocycles. The number of aromatic hydroxyl groups is 1. The minimum atomic E-state index is -1.55. The van der Waals surface area contributed by atoms with E-state index in [2.05, 4.69) is 28.6 Å². The molecule has 1 rings (SSSR count). The van der Waals surface area contributed by atoms with E-state index in [4.69, 9.17) is 11.5 Å². The number of benzene rings is 1. The van der Waals surface area contributed by atoms with Crippen molar-refractivity contribution in [1.82, 2.24) is 16.0 Å². The van der Waals surface area contributed by atoms with Gasteiger partial charge in [-0.1, -0.05) is 32.4 Å². The van der Waals surface area contributed by atoms with Gasteiger partial charge in [-0.25, -0.2) is 4.79 Å². The number of carbonyl (C=O) groups excluding carboxylic acids is 4. The Balaban J connectivity index is 2.87. The molecular formula is C22H33N5O7S. The van der Waals surface area contributed by atoms with Gasteiger partial charge in [0.15, 0.2) is 0 Å². The number of carbonyl (C=O) groups is 5. The molecule has 0 fully saturated rings. The Labute approximate surface area is 208 Å². The lowest BCUT2D eigenvalue weighted by Gasteiger charge is -2.27. The van der Waals surface area contributed by atoms with Crippen LogP contribution in [-0.2, 0) is 30.4 Å². The minimum absolute atomic E-state index is 0.0720. The number of phenolic OH excluding ortho intramolecular Hbond substituents is 1. The number of aliphatic carboxylic acids is 1. The third-order valence-electron chi connectivity index (χ3n) is 5.36. The topological polar surface area (TPSA) is 214 Å². The third-order valence-corrected chi connectivity index (χ3v) is 5.72. The maximum absolute atomic E-state index is 12.8. The molecule has 4 amide bonds. The first-order valence-electron chi connectivity index (χ1n) is 11.0. The molecule has 0 saturated carbocycles. The fraction of sp³-hybridized carbons (Fsp3) is 0.500. The van der Waals surface area contributed by atoms with Crippen molar-refractivity contribution in [3.63, 3.8) is 0 Å². The maximum Gasteiger partial charge on any atom is 0.326 e. The summed E-state index contributed by atoms with van der Waals surface area (Å²) in [5, 5.41) is 25.8. The van der Waals surface area contributed by atoms with E-state index < -0.39 is 66.1 Å². The first kappa shape index (κ1) is 29.7. The molecule has 5 atom stereocenters. The second kappa shape index (κ2) is 14.2. The molecule has 0 aliphatic rings. The summed E-state index contributed by atoms with van der Waals surface area (Å²) in [5.41, 5.74) is 11.7. The molecular weight excluding hydrogens is 478 g/mol. The summed E-state index contributed by atoms with van der Waals surface area (Å²) < 4.78 is 0. The lowest BCUT2D eigenvalue weighted by molar-refractivity contribution is -0.144. The van der Waals surface area contributed by atoms with Crippen molar-refractivity contribution in [1.29, 1.82) is 0 Å². The summed E-state index contributed by atoms with van der Waals surface area (Å²) in [4.78, 5) is 60.6. The van der Waals surface area contributed by atoms with Crippen molar-refractivity contribution < 1.29 is 34.2 Å². The molecule has 0 radical (unpaired) electrons. The number of hydrogen-bond acceptors (Lipinski definition) is 8. The van der Waals surface area contributed by atoms with Crippen molar-refractivity contribution in [2.75, 3.05) is 5.75 Å². The van der Waals surface area contributed by atoms with Crippen molar-refractivity contribution in [3.8, 4) is 5.75 Å². The number of phenols is 1. The normalized spacial score (nSPS) is 15.1. The zero-order valence-corrected chi connectivity index (χ0v) is 20.5. The van der Waals surface area contributed by atoms with Crippen LogP contribution in [0, 0.1) is 5.92 Å². The SMILES string of the molecule is CCC(C)C(NC(=O)C(CS)NC(=O)C(N)Cc1ccc(O)cc1)C(=O)NC(CC(N)=O)C(=O)O. The van der Waals surface area contributed by atoms with Crippen LogP contribution in [0.15, 0.2) is 24.3 Å². The van der Waals surface area contributed by atoms with Gasteiger partial charge in [0.2, 0.25) is 23.6 Å². The Morgan fingerprint density at radius 2 is 1.54 bits per heavy atom. The standard InChI is InChI=1S/C22H33N5O7S/c1-3-11(2)18(21(32)25-15(22(33)34)9-17(24)29)27-20(31)16(10-35)26-19(30)14(23)8-12-4-6-13(28)7-5-12/h4-7,11,14-16,18,28,35H,3,8-10,23H2,1-2H3,(H2,24,29)(H,25,32)(H,26,30)(H,27,31)(H,33,34). The highest BCUT2D eigenvalue weighted by molar-refractivity contribution is 7.80. The number of hydrogen-bond donors (Lipinski definition) is 8. The zero-order chi connectivity index (χ0) is 26.7. The number of amides is 4. The van der Waals surface area contributed by atoms with Crippen LogP contribution in [0.1, 0.15) is 32.3 Å². The van der Waals surface area contributed by atoms with Gasteiger partial charge >= 0.3 is 5.97 Å². The molecule has 1 aromatic rings. The highest BCUT2D eigenvalue weighted by Gasteiger charge is 2.32. The zero-order valence-electron chi connectivity index (χ0n) is 19.6. The van der Waals surface area contributed by atoms with Crippen molar-refractivity contribution >= 4 is 42.2 Å². The summed E-state index contributed by atoms with van der Waals surface area (Å²) in [7, 11) is 0. The van der Waals surface area contributed by atoms with Gasteiger partial charge < -0.3 is 37.6 Å². The molecule has 5 unspecified atom stereocenters. The molecule has 13 heteroatoms. The number of carboxylic acids is 1. The average molecular weight is 512 g/mol. The predicted octanol–water partition coefficient (Wildman–Crippen LogP) is -1.35. The molecule has 194 valence electrons. The van der Waals surface area contributed by atoms with Gasteiger partial charge in [-0.15, -0.1) is 0 Å². The first-order valence-corrected chi connectivity index (χ1v) is 11.6. The Bertz CT molecular complexity index is 912. The van der Waals surface area contributed by atoms with E-state index in [0.29, 0.717) is 12.0 Å². The van der Waals surface area contributed by atoms with E-state index in [0.717, 1.165) is 0 Å². The van der Waals surface area contributed by atoms with Crippen molar-refractivity contribution in [3.05, 3.63) is 29.8 Å². The molecule has 0 aliphatic heterocycles. The molecule has 0 bridgehead atoms. The molecule has 35 heavy (non-hydrogen) atoms. The molecule has 9 N–H and O–H groups in total. The number of nitrogens with two attached hydrogens (primary N) is 2. The highest BCUT2D eigenvalue weighted by atomic mass is 32.1. The van der Waals surface area contributed by atoms with E-state index in [9.17, 15) is 34.2 Å². The quantitative estimate of drug-likeness (QED) is 0.139. The Hall–Kier alpha value is -3.32. The molecule has 0 spiro atoms. The summed E-state index contributed by atoms with van der Waals surface area (Å²) in [5.74, 6) is -4.94. The number of thiol groups is 1. The summed E-state index contributed by atoms with van der Waals surface area (Å²) in [6.07, 6.45) is -0.000813. The van der Waals surface area contributed by atoms with Crippen LogP contribution in [-0.4, -0.2) is 69.7 Å². The number of primary amides is 1. The summed E-state index contributed by atoms with van der Waals surface area (Å²) >= 11 is 4.10. The predicted molar refractivity (Wildman–Crippen MR) is 130 cm³/mol. The lowest BCUT2D eigenvalue weighted by Crippen LogP contribution is -2.59. The van der Waals surface area contributed by atoms with Crippen molar-refractivity contribution in [2.24, 2.45) is 17.4 Å². The Morgan fingerprint density at radius 1 is 0.971 bits per heavy atom. The molecule has 12 nitrogen and oxygen atoms in total. The largest absolute Gasteiger partial charge is 0.508 e. The van der Waals surface area contributed by atoms with Crippen LogP contribution in [0.3, 0.4) is 0 Å². The van der Waals surface area contributed by atoms with E-state index in [1.54, 1.807) is 26.0 Å². The Morgan fingerprint density at radius 3 is 2.03 bits per heavy atom. The van der Waals surface area contributed by atoms with Crippen LogP contribution < -0.4 is 27.4 Å². The lowest BCUT2D eigenvalue weighted by atomic mass is 9.97. The highest BCUT2D eigenvalue weighted by Crippen LogP contribution is 2.12. The van der Waals surface area contributed by atoms with Crippen LogP contribution in [0.5, 0.6) is 5.75 Å². The summed E-state index contributed by atoms with van der Waals surface area (Å²) in [6, 6.07) is 1.33. The van der Waals surface area contributed by atoms with Gasteiger partial charge in [0.05, 0.1) is 12.5 Å². The van der Waals surface area contributed by atoms with Gasteiger partial charge in [0.1, 0.15) is 23.9 Å². The second-order valence-electron chi connectivity index (χ2n) is 8.16. The van der Waals surface area contributed by atoms with Crippen LogP contribution in [0.25, 0.3) is 0 Å². The van der Waals surface area contributed by atoms with E-state index in [1.807, 2.05) is 0 Å². The number of rotatable bonds is 14. The third kappa shape index (κ3) is 9.83. The molecule has 1 aromatic carbocycles. The van der Waals surface area contributed by atoms with Crippen LogP contribution in [0.2, 0.25) is 0 Å². The average Bonchev–Trinajstić information content (AvgIpc) is 2.80. The maximum atomic E-state index is 12.8. The number of carboxylic acid groups (broad SMARTS) is 1. The van der Waals surface area contributed by atoms with Gasteiger partial charge in [-0.05, 0) is 30.0 Å². The summed E-state index contributed by atoms with van der Waals surface area (Å²) in [6.45, 7) is 3.45. The van der Waals surface area contributed by atoms with Gasteiger partial charge in [0, 0.05) is 5.75 Å². The van der Waals surface area contributed by atoms with E-state index in [1.165, 1.54) is 12.1 Å². The van der Waals surface area contributed by atoms with Gasteiger partial charge in [-0.3, -0.25) is 19.2 Å². The number of nitrogens with one attached hydrogen (secondary N) is 3. The fourth-order valence-electron chi connectivity index (χ4n) is 3.07. The van der Waals surface area contributed by atoms with Crippen LogP contribution in [0.4, 0.5) is 0 Å². The second-order valence-corrected chi connectivity index (χ2v) is 8.53. The first-order chi connectivity index (χ1) is 16.4. The van der Waals surface area contributed by atoms with Crippen molar-refractivity contribution in [2.45, 2.75) is 57.3 Å². The monoisotopic (exact) mass is 511 g/mol. The smallest absolute Gasteiger partial charge is 0.326 e. The van der Waals surface area contributed by atoms with Crippen LogP contribution >= 0.6 is 12.6 Å². The Kier molecular flexibility index (Phi) is 12.0. The van der Waals surface area contributed by atoms with E-state index in [-0.39, 0.29) is 17.9 Å². The molecule has 0 heterocycles. The van der Waals surface area contributed by atoms with E-state index >= 15 is 0 Å². The molecule has 0 aliphatic carbocycles. The minimum Gasteiger partial charge on any atom is -0.508 e. The van der Waals surface area contributed by atoms with Gasteiger partial charge in [0.25, 0.3) is 0 Å². The molecule has 0 saturated heterocycles. The fourth-order valence-corrected chi connectivity index (χ4v) is 3.33.